The first-order valence-electron chi connectivity index (χ1n) is 6.37. The molecule has 0 saturated heterocycles. The first kappa shape index (κ1) is 14.5. The minimum absolute atomic E-state index is 0.00370. The number of nitriles is 1. The number of carboxylic acids is 1. The van der Waals surface area contributed by atoms with Crippen LogP contribution in [0.3, 0.4) is 0 Å². The van der Waals surface area contributed by atoms with Gasteiger partial charge in [-0.15, -0.1) is 0 Å². The van der Waals surface area contributed by atoms with Crippen molar-refractivity contribution >= 4 is 11.9 Å². The zero-order valence-corrected chi connectivity index (χ0v) is 10.9. The standard InChI is InChI=1S/C13H20N2O3/c1-9(2)15(7-3-6-14)12(16)10-4-5-11(8-10)13(17)18/h9-11H,3-5,7-8H2,1-2H3,(H,17,18)/t10-,11+/m1/s1. The van der Waals surface area contributed by atoms with E-state index in [0.717, 1.165) is 0 Å². The number of rotatable bonds is 5. The topological polar surface area (TPSA) is 81.4 Å². The van der Waals surface area contributed by atoms with Crippen molar-refractivity contribution in [2.75, 3.05) is 6.54 Å². The molecule has 1 aliphatic rings. The lowest BCUT2D eigenvalue weighted by Crippen LogP contribution is -2.41. The van der Waals surface area contributed by atoms with Crippen LogP contribution in [-0.2, 0) is 9.59 Å². The summed E-state index contributed by atoms with van der Waals surface area (Å²) in [4.78, 5) is 24.9. The molecular formula is C13H20N2O3. The van der Waals surface area contributed by atoms with Crippen molar-refractivity contribution in [3.63, 3.8) is 0 Å². The quantitative estimate of drug-likeness (QED) is 0.806. The van der Waals surface area contributed by atoms with Gasteiger partial charge in [0.05, 0.1) is 18.4 Å². The molecule has 1 amide bonds. The third-order valence-corrected chi connectivity index (χ3v) is 3.50. The largest absolute Gasteiger partial charge is 0.481 e. The zero-order valence-electron chi connectivity index (χ0n) is 10.9. The Labute approximate surface area is 107 Å². The normalized spacial score (nSPS) is 22.8. The Morgan fingerprint density at radius 3 is 2.44 bits per heavy atom. The highest BCUT2D eigenvalue weighted by Gasteiger charge is 2.36. The summed E-state index contributed by atoms with van der Waals surface area (Å²) in [6, 6.07) is 2.09. The Morgan fingerprint density at radius 1 is 1.39 bits per heavy atom. The fraction of sp³-hybridized carbons (Fsp3) is 0.769. The summed E-state index contributed by atoms with van der Waals surface area (Å²) in [5.74, 6) is -1.38. The molecule has 100 valence electrons. The third kappa shape index (κ3) is 3.46. The molecule has 5 nitrogen and oxygen atoms in total. The molecule has 1 saturated carbocycles. The average molecular weight is 252 g/mol. The highest BCUT2D eigenvalue weighted by molar-refractivity contribution is 5.81. The Morgan fingerprint density at radius 2 is 2.00 bits per heavy atom. The molecule has 0 radical (unpaired) electrons. The van der Waals surface area contributed by atoms with E-state index in [4.69, 9.17) is 10.4 Å². The molecule has 5 heteroatoms. The molecule has 18 heavy (non-hydrogen) atoms. The number of hydrogen-bond acceptors (Lipinski definition) is 3. The van der Waals surface area contributed by atoms with Gasteiger partial charge in [0, 0.05) is 18.5 Å². The smallest absolute Gasteiger partial charge is 0.306 e. The number of hydrogen-bond donors (Lipinski definition) is 1. The van der Waals surface area contributed by atoms with Crippen LogP contribution in [0.4, 0.5) is 0 Å². The minimum Gasteiger partial charge on any atom is -0.481 e. The van der Waals surface area contributed by atoms with E-state index < -0.39 is 5.97 Å². The first-order valence-corrected chi connectivity index (χ1v) is 6.37. The predicted molar refractivity (Wildman–Crippen MR) is 65.5 cm³/mol. The summed E-state index contributed by atoms with van der Waals surface area (Å²) in [6.07, 6.45) is 1.98. The molecule has 0 aromatic rings. The maximum absolute atomic E-state index is 12.3. The number of nitrogens with zero attached hydrogens (tertiary/aromatic N) is 2. The van der Waals surface area contributed by atoms with Gasteiger partial charge < -0.3 is 10.0 Å². The van der Waals surface area contributed by atoms with Crippen LogP contribution in [0.5, 0.6) is 0 Å². The summed E-state index contributed by atoms with van der Waals surface area (Å²) in [6.45, 7) is 4.26. The number of carboxylic acid groups (broad SMARTS) is 1. The van der Waals surface area contributed by atoms with Crippen LogP contribution in [0, 0.1) is 23.2 Å². The number of amides is 1. The molecular weight excluding hydrogens is 232 g/mol. The van der Waals surface area contributed by atoms with E-state index in [9.17, 15) is 9.59 Å². The number of carbonyl (C=O) groups is 2. The molecule has 0 aliphatic heterocycles. The maximum atomic E-state index is 12.3. The van der Waals surface area contributed by atoms with Gasteiger partial charge in [0.2, 0.25) is 5.91 Å². The molecule has 1 aliphatic carbocycles. The Hall–Kier alpha value is -1.57. The highest BCUT2D eigenvalue weighted by Crippen LogP contribution is 2.32. The van der Waals surface area contributed by atoms with Gasteiger partial charge >= 0.3 is 5.97 Å². The van der Waals surface area contributed by atoms with Gasteiger partial charge in [0.1, 0.15) is 0 Å². The predicted octanol–water partition coefficient (Wildman–Crippen LogP) is 1.64. The lowest BCUT2D eigenvalue weighted by Gasteiger charge is -2.28. The van der Waals surface area contributed by atoms with E-state index in [1.807, 2.05) is 19.9 Å². The van der Waals surface area contributed by atoms with Crippen LogP contribution in [0.25, 0.3) is 0 Å². The van der Waals surface area contributed by atoms with E-state index in [1.54, 1.807) is 4.90 Å². The van der Waals surface area contributed by atoms with Crippen LogP contribution in [-0.4, -0.2) is 34.5 Å². The lowest BCUT2D eigenvalue weighted by molar-refractivity contribution is -0.141. The fourth-order valence-electron chi connectivity index (χ4n) is 2.46. The van der Waals surface area contributed by atoms with Crippen molar-refractivity contribution in [3.05, 3.63) is 0 Å². The second-order valence-electron chi connectivity index (χ2n) is 5.08. The van der Waals surface area contributed by atoms with E-state index in [0.29, 0.717) is 32.2 Å². The van der Waals surface area contributed by atoms with Crippen LogP contribution in [0.1, 0.15) is 39.5 Å². The Bertz CT molecular complexity index is 360. The Kier molecular flexibility index (Phi) is 5.14. The fourth-order valence-corrected chi connectivity index (χ4v) is 2.46. The minimum atomic E-state index is -0.807. The van der Waals surface area contributed by atoms with Gasteiger partial charge in [-0.05, 0) is 33.1 Å². The zero-order chi connectivity index (χ0) is 13.7. The van der Waals surface area contributed by atoms with Gasteiger partial charge in [-0.3, -0.25) is 9.59 Å². The van der Waals surface area contributed by atoms with Gasteiger partial charge in [0.15, 0.2) is 0 Å². The molecule has 0 aromatic carbocycles. The molecule has 1 N–H and O–H groups in total. The summed E-state index contributed by atoms with van der Waals surface area (Å²) < 4.78 is 0. The van der Waals surface area contributed by atoms with Crippen LogP contribution < -0.4 is 0 Å². The van der Waals surface area contributed by atoms with E-state index >= 15 is 0 Å². The maximum Gasteiger partial charge on any atom is 0.306 e. The molecule has 0 spiro atoms. The molecule has 1 fully saturated rings. The summed E-state index contributed by atoms with van der Waals surface area (Å²) >= 11 is 0. The van der Waals surface area contributed by atoms with Crippen molar-refractivity contribution in [2.45, 2.75) is 45.6 Å². The van der Waals surface area contributed by atoms with Crippen molar-refractivity contribution in [2.24, 2.45) is 11.8 Å². The molecule has 0 heterocycles. The van der Waals surface area contributed by atoms with Gasteiger partial charge in [-0.25, -0.2) is 0 Å². The van der Waals surface area contributed by atoms with Gasteiger partial charge in [0.25, 0.3) is 0 Å². The molecule has 2 atom stereocenters. The van der Waals surface area contributed by atoms with Crippen molar-refractivity contribution in [1.82, 2.24) is 4.90 Å². The van der Waals surface area contributed by atoms with Crippen molar-refractivity contribution in [1.29, 1.82) is 5.26 Å². The third-order valence-electron chi connectivity index (χ3n) is 3.50. The highest BCUT2D eigenvalue weighted by atomic mass is 16.4. The van der Waals surface area contributed by atoms with Gasteiger partial charge in [-0.1, -0.05) is 0 Å². The summed E-state index contributed by atoms with van der Waals surface area (Å²) in [5.41, 5.74) is 0. The molecule has 1 rings (SSSR count). The van der Waals surface area contributed by atoms with Crippen molar-refractivity contribution < 1.29 is 14.7 Å². The lowest BCUT2D eigenvalue weighted by atomic mass is 10.0. The SMILES string of the molecule is CC(C)N(CCC#N)C(=O)[C@@H]1CC[C@H](C(=O)O)C1. The van der Waals surface area contributed by atoms with Gasteiger partial charge in [-0.2, -0.15) is 5.26 Å². The monoisotopic (exact) mass is 252 g/mol. The average Bonchev–Trinajstić information content (AvgIpc) is 2.78. The summed E-state index contributed by atoms with van der Waals surface area (Å²) in [7, 11) is 0. The van der Waals surface area contributed by atoms with E-state index in [1.165, 1.54) is 0 Å². The van der Waals surface area contributed by atoms with Crippen LogP contribution in [0.15, 0.2) is 0 Å². The van der Waals surface area contributed by atoms with E-state index in [-0.39, 0.29) is 23.8 Å². The second-order valence-corrected chi connectivity index (χ2v) is 5.08. The Balaban J connectivity index is 2.62. The molecule has 0 unspecified atom stereocenters. The van der Waals surface area contributed by atoms with Crippen molar-refractivity contribution in [3.8, 4) is 6.07 Å². The first-order chi connectivity index (χ1) is 8.47. The summed E-state index contributed by atoms with van der Waals surface area (Å²) in [5, 5.41) is 17.5. The second kappa shape index (κ2) is 6.39. The molecule has 0 bridgehead atoms. The number of aliphatic carboxylic acids is 1. The number of carbonyl (C=O) groups excluding carboxylic acids is 1. The van der Waals surface area contributed by atoms with Crippen LogP contribution in [0.2, 0.25) is 0 Å². The van der Waals surface area contributed by atoms with E-state index in [2.05, 4.69) is 0 Å². The molecule has 0 aromatic heterocycles. The van der Waals surface area contributed by atoms with Crippen LogP contribution >= 0.6 is 0 Å².